The van der Waals surface area contributed by atoms with Gasteiger partial charge in [0.05, 0.1) is 11.3 Å². The Morgan fingerprint density at radius 1 is 0.839 bits per heavy atom. The van der Waals surface area contributed by atoms with Crippen molar-refractivity contribution in [3.8, 4) is 11.3 Å². The standard InChI is InChI=1S/C24H18F2N4O/c1-15-27-22(16-6-3-2-4-7-16)14-23(28-15)29-18-8-5-9-19(13-18)30-24(31)20-12-17(25)10-11-21(20)26/h2-14H,1H3,(H,30,31)(H,27,28,29). The molecule has 31 heavy (non-hydrogen) atoms. The number of anilines is 3. The molecule has 0 spiro atoms. The van der Waals surface area contributed by atoms with Gasteiger partial charge in [-0.25, -0.2) is 18.7 Å². The second-order valence-electron chi connectivity index (χ2n) is 6.84. The molecule has 0 aliphatic carbocycles. The number of rotatable bonds is 5. The fourth-order valence-corrected chi connectivity index (χ4v) is 3.08. The molecule has 4 aromatic rings. The SMILES string of the molecule is Cc1nc(Nc2cccc(NC(=O)c3cc(F)ccc3F)c2)cc(-c2ccccc2)n1. The number of nitrogens with zero attached hydrogens (tertiary/aromatic N) is 2. The minimum atomic E-state index is -0.793. The highest BCUT2D eigenvalue weighted by atomic mass is 19.1. The number of benzene rings is 3. The van der Waals surface area contributed by atoms with Crippen molar-refractivity contribution in [3.63, 3.8) is 0 Å². The van der Waals surface area contributed by atoms with Gasteiger partial charge in [0.2, 0.25) is 0 Å². The number of aryl methyl sites for hydroxylation is 1. The Hall–Kier alpha value is -4.13. The summed E-state index contributed by atoms with van der Waals surface area (Å²) in [6.45, 7) is 1.81. The first kappa shape index (κ1) is 20.2. The first-order chi connectivity index (χ1) is 15.0. The van der Waals surface area contributed by atoms with E-state index in [9.17, 15) is 13.6 Å². The number of hydrogen-bond acceptors (Lipinski definition) is 4. The Bertz CT molecular complexity index is 1250. The number of carbonyl (C=O) groups excluding carboxylic acids is 1. The topological polar surface area (TPSA) is 66.9 Å². The van der Waals surface area contributed by atoms with Crippen molar-refractivity contribution in [1.29, 1.82) is 0 Å². The molecule has 1 heterocycles. The lowest BCUT2D eigenvalue weighted by Gasteiger charge is -2.11. The fraction of sp³-hybridized carbons (Fsp3) is 0.0417. The van der Waals surface area contributed by atoms with Gasteiger partial charge in [-0.05, 0) is 43.3 Å². The summed E-state index contributed by atoms with van der Waals surface area (Å²) in [5.74, 6) is -1.02. The zero-order chi connectivity index (χ0) is 21.8. The Balaban J connectivity index is 1.55. The number of hydrogen-bond donors (Lipinski definition) is 2. The third-order valence-electron chi connectivity index (χ3n) is 4.47. The highest BCUT2D eigenvalue weighted by Gasteiger charge is 2.13. The highest BCUT2D eigenvalue weighted by molar-refractivity contribution is 6.04. The molecule has 4 rings (SSSR count). The monoisotopic (exact) mass is 416 g/mol. The van der Waals surface area contributed by atoms with E-state index in [1.165, 1.54) is 0 Å². The van der Waals surface area contributed by atoms with Crippen LogP contribution in [0, 0.1) is 18.6 Å². The van der Waals surface area contributed by atoms with E-state index in [1.807, 2.05) is 43.3 Å². The molecule has 3 aromatic carbocycles. The molecule has 0 fully saturated rings. The van der Waals surface area contributed by atoms with E-state index in [2.05, 4.69) is 20.6 Å². The number of nitrogens with one attached hydrogen (secondary N) is 2. The molecule has 0 unspecified atom stereocenters. The summed E-state index contributed by atoms with van der Waals surface area (Å²) in [6, 6.07) is 21.2. The van der Waals surface area contributed by atoms with Gasteiger partial charge in [0.25, 0.3) is 5.91 Å². The van der Waals surface area contributed by atoms with Crippen LogP contribution >= 0.6 is 0 Å². The summed E-state index contributed by atoms with van der Waals surface area (Å²) in [6.07, 6.45) is 0. The van der Waals surface area contributed by atoms with E-state index in [0.717, 1.165) is 29.5 Å². The zero-order valence-corrected chi connectivity index (χ0v) is 16.6. The molecule has 0 aliphatic heterocycles. The molecule has 0 saturated carbocycles. The Kier molecular flexibility index (Phi) is 5.66. The van der Waals surface area contributed by atoms with Crippen molar-refractivity contribution < 1.29 is 13.6 Å². The van der Waals surface area contributed by atoms with Gasteiger partial charge in [0.1, 0.15) is 23.3 Å². The highest BCUT2D eigenvalue weighted by Crippen LogP contribution is 2.24. The maximum absolute atomic E-state index is 13.9. The van der Waals surface area contributed by atoms with Crippen LogP contribution in [0.2, 0.25) is 0 Å². The predicted molar refractivity (Wildman–Crippen MR) is 116 cm³/mol. The molecule has 5 nitrogen and oxygen atoms in total. The van der Waals surface area contributed by atoms with Gasteiger partial charge in [-0.2, -0.15) is 0 Å². The molecule has 1 aromatic heterocycles. The van der Waals surface area contributed by atoms with E-state index in [-0.39, 0.29) is 5.56 Å². The molecule has 1 amide bonds. The molecule has 0 bridgehead atoms. The zero-order valence-electron chi connectivity index (χ0n) is 16.6. The molecular weight excluding hydrogens is 398 g/mol. The summed E-state index contributed by atoms with van der Waals surface area (Å²) < 4.78 is 27.2. The summed E-state index contributed by atoms with van der Waals surface area (Å²) in [7, 11) is 0. The first-order valence-corrected chi connectivity index (χ1v) is 9.52. The Morgan fingerprint density at radius 3 is 2.42 bits per heavy atom. The molecular formula is C24H18F2N4O. The normalized spacial score (nSPS) is 10.5. The Labute approximate surface area is 177 Å². The lowest BCUT2D eigenvalue weighted by atomic mass is 10.1. The number of aromatic nitrogens is 2. The van der Waals surface area contributed by atoms with Gasteiger partial charge in [-0.3, -0.25) is 4.79 Å². The van der Waals surface area contributed by atoms with Crippen molar-refractivity contribution in [2.75, 3.05) is 10.6 Å². The van der Waals surface area contributed by atoms with Crippen LogP contribution in [-0.2, 0) is 0 Å². The predicted octanol–water partition coefficient (Wildman–Crippen LogP) is 5.73. The second kappa shape index (κ2) is 8.71. The van der Waals surface area contributed by atoms with Crippen molar-refractivity contribution in [3.05, 3.63) is 102 Å². The van der Waals surface area contributed by atoms with Gasteiger partial charge in [-0.15, -0.1) is 0 Å². The number of amides is 1. The second-order valence-corrected chi connectivity index (χ2v) is 6.84. The van der Waals surface area contributed by atoms with E-state index in [0.29, 0.717) is 23.0 Å². The van der Waals surface area contributed by atoms with Gasteiger partial charge in [0, 0.05) is 23.0 Å². The van der Waals surface area contributed by atoms with Crippen molar-refractivity contribution in [1.82, 2.24) is 9.97 Å². The minimum Gasteiger partial charge on any atom is -0.340 e. The molecule has 0 saturated heterocycles. The van der Waals surface area contributed by atoms with Gasteiger partial charge >= 0.3 is 0 Å². The van der Waals surface area contributed by atoms with Crippen LogP contribution in [0.4, 0.5) is 26.0 Å². The number of carbonyl (C=O) groups is 1. The van der Waals surface area contributed by atoms with Crippen LogP contribution in [0.15, 0.2) is 78.9 Å². The van der Waals surface area contributed by atoms with Crippen LogP contribution in [0.5, 0.6) is 0 Å². The minimum absolute atomic E-state index is 0.364. The van der Waals surface area contributed by atoms with Crippen LogP contribution in [0.1, 0.15) is 16.2 Å². The van der Waals surface area contributed by atoms with Crippen LogP contribution < -0.4 is 10.6 Å². The van der Waals surface area contributed by atoms with Crippen molar-refractivity contribution in [2.24, 2.45) is 0 Å². The average Bonchev–Trinajstić information content (AvgIpc) is 2.76. The first-order valence-electron chi connectivity index (χ1n) is 9.52. The molecule has 154 valence electrons. The van der Waals surface area contributed by atoms with Crippen LogP contribution in [0.3, 0.4) is 0 Å². The maximum atomic E-state index is 13.9. The summed E-state index contributed by atoms with van der Waals surface area (Å²) in [5, 5.41) is 5.78. The lowest BCUT2D eigenvalue weighted by Crippen LogP contribution is -2.14. The van der Waals surface area contributed by atoms with Crippen molar-refractivity contribution >= 4 is 23.1 Å². The quantitative estimate of drug-likeness (QED) is 0.436. The smallest absolute Gasteiger partial charge is 0.258 e. The van der Waals surface area contributed by atoms with E-state index < -0.39 is 17.5 Å². The average molecular weight is 416 g/mol. The molecule has 2 N–H and O–H groups in total. The summed E-state index contributed by atoms with van der Waals surface area (Å²) in [5.41, 5.74) is 2.47. The fourth-order valence-electron chi connectivity index (χ4n) is 3.08. The van der Waals surface area contributed by atoms with Gasteiger partial charge < -0.3 is 10.6 Å². The summed E-state index contributed by atoms with van der Waals surface area (Å²) in [4.78, 5) is 21.2. The maximum Gasteiger partial charge on any atom is 0.258 e. The third kappa shape index (κ3) is 4.90. The van der Waals surface area contributed by atoms with Crippen molar-refractivity contribution in [2.45, 2.75) is 6.92 Å². The largest absolute Gasteiger partial charge is 0.340 e. The molecule has 0 aliphatic rings. The van der Waals surface area contributed by atoms with Gasteiger partial charge in [0.15, 0.2) is 0 Å². The van der Waals surface area contributed by atoms with Crippen LogP contribution in [-0.4, -0.2) is 15.9 Å². The molecule has 7 heteroatoms. The third-order valence-corrected chi connectivity index (χ3v) is 4.47. The molecule has 0 radical (unpaired) electrons. The van der Waals surface area contributed by atoms with Crippen LogP contribution in [0.25, 0.3) is 11.3 Å². The Morgan fingerprint density at radius 2 is 1.61 bits per heavy atom. The van der Waals surface area contributed by atoms with E-state index >= 15 is 0 Å². The lowest BCUT2D eigenvalue weighted by molar-refractivity contribution is 0.102. The summed E-state index contributed by atoms with van der Waals surface area (Å²) >= 11 is 0. The van der Waals surface area contributed by atoms with E-state index in [4.69, 9.17) is 0 Å². The van der Waals surface area contributed by atoms with E-state index in [1.54, 1.807) is 24.3 Å². The molecule has 0 atom stereocenters. The van der Waals surface area contributed by atoms with Gasteiger partial charge in [-0.1, -0.05) is 36.4 Å². The number of halogens is 2.